The SMILES string of the molecule is CCCCCCCCCCCCCNC(=O)[C@@H](NC(=O)c1cc2c(OC)cccc2[nH]1)[C@@H](C)O.CCCCCCCCCCCCCNC(=O)[C@@H](NC(=O)c1cc2cc(Br)ccc2[nH]1)[C@@H](C)O.CCCCCCCCCCCCCNC(=O)[C@@H](NC(=O)c1cc2cc(OC)ccc2[nH]1)[C@@H](C)O.CCCCCCCCCCCCCNC(=O)[C@@H](NC(=O)c1cc2cc([N+](=O)[O-])ccc2[nH]1)[C@@H](C)O. The predicted molar refractivity (Wildman–Crippen MR) is 550 cm³/mol. The number of nitrogens with one attached hydrogen (secondary N) is 12. The van der Waals surface area contributed by atoms with Crippen LogP contribution in [0.4, 0.5) is 5.69 Å². The molecule has 0 spiro atoms. The summed E-state index contributed by atoms with van der Waals surface area (Å²) in [5.74, 6) is -2.06. The van der Waals surface area contributed by atoms with E-state index in [0.29, 0.717) is 65.7 Å². The number of aromatic amines is 4. The van der Waals surface area contributed by atoms with Gasteiger partial charge in [0.15, 0.2) is 0 Å². The molecule has 0 aliphatic carbocycles. The number of fused-ring (bicyclic) bond motifs is 4. The molecule has 136 heavy (non-hydrogen) atoms. The molecule has 30 heteroatoms. The zero-order valence-electron chi connectivity index (χ0n) is 83.3. The molecule has 0 fully saturated rings. The van der Waals surface area contributed by atoms with Gasteiger partial charge in [-0.25, -0.2) is 0 Å². The van der Waals surface area contributed by atoms with E-state index >= 15 is 0 Å². The summed E-state index contributed by atoms with van der Waals surface area (Å²) in [6.45, 7) is 17.0. The highest BCUT2D eigenvalue weighted by Crippen LogP contribution is 2.29. The van der Waals surface area contributed by atoms with Crippen molar-refractivity contribution in [3.63, 3.8) is 0 Å². The van der Waals surface area contributed by atoms with E-state index in [1.54, 1.807) is 38.5 Å². The fourth-order valence-corrected chi connectivity index (χ4v) is 16.7. The number of aromatic nitrogens is 4. The fraction of sp³-hybridized carbons (Fsp3) is 0.623. The molecule has 8 rings (SSSR count). The molecule has 29 nitrogen and oxygen atoms in total. The van der Waals surface area contributed by atoms with Gasteiger partial charge in [0.05, 0.1) is 43.6 Å². The number of benzene rings is 4. The van der Waals surface area contributed by atoms with Crippen molar-refractivity contribution < 1.29 is 73.2 Å². The Morgan fingerprint density at radius 3 is 0.882 bits per heavy atom. The summed E-state index contributed by atoms with van der Waals surface area (Å²) in [7, 11) is 3.16. The standard InChI is InChI=1S/2C27H43N3O4.C26H40BrN3O3.C26H40N4O5/c1-4-5-6-7-8-9-10-11-12-13-14-18-28-27(33)25(20(2)31)30-26(32)23-19-21-22(29-23)16-15-17-24(21)34-3;1-4-5-6-7-8-9-10-11-12-13-14-17-28-27(33)25(20(2)31)30-26(32)24-19-21-18-22(34-3)15-16-23(21)29-24;1-3-4-5-6-7-8-9-10-11-12-13-16-28-26(33)24(19(2)31)30-25(32)23-18-20-17-21(27)14-15-22(20)29-23;1-3-4-5-6-7-8-9-10-11-12-13-16-27-26(33)24(19(2)31)29-25(32)23-18-20-17-21(30(34)35)14-15-22(20)28-23/h15-17,19-20,25,29,31H,4-14,18H2,1-3H3,(H,28,33)(H,30,32);15-16,18-20,25,29,31H,4-14,17H2,1-3H3,(H,28,33)(H,30,32);14-15,17-19,24,29,31H,3-13,16H2,1-2H3,(H,28,33)(H,30,32);14-15,17-19,24,28,31H,3-13,16H2,1-2H3,(H,27,33)(H,29,32)/t2*20-,25+;2*19-,24+/m1111/s1. The lowest BCUT2D eigenvalue weighted by Crippen LogP contribution is -2.52. The zero-order chi connectivity index (χ0) is 99.2. The van der Waals surface area contributed by atoms with E-state index in [2.05, 4.69) is 106 Å². The van der Waals surface area contributed by atoms with Gasteiger partial charge in [0.1, 0.15) is 58.4 Å². The minimum atomic E-state index is -1.10. The molecule has 0 bridgehead atoms. The number of non-ortho nitro benzene ring substituents is 1. The number of nitro groups is 1. The summed E-state index contributed by atoms with van der Waals surface area (Å²) in [4.78, 5) is 123. The van der Waals surface area contributed by atoms with Crippen LogP contribution in [0.3, 0.4) is 0 Å². The van der Waals surface area contributed by atoms with E-state index in [0.717, 1.165) is 95.0 Å². The van der Waals surface area contributed by atoms with Crippen molar-refractivity contribution in [1.82, 2.24) is 62.5 Å². The summed E-state index contributed by atoms with van der Waals surface area (Å²) >= 11 is 3.42. The van der Waals surface area contributed by atoms with E-state index in [9.17, 15) is 68.9 Å². The Bertz CT molecular complexity index is 4750. The second-order valence-electron chi connectivity index (χ2n) is 36.4. The molecule has 0 aliphatic rings. The Labute approximate surface area is 816 Å². The van der Waals surface area contributed by atoms with Crippen molar-refractivity contribution in [2.75, 3.05) is 40.4 Å². The highest BCUT2D eigenvalue weighted by atomic mass is 79.9. The number of ether oxygens (including phenoxy) is 2. The molecule has 0 radical (unpaired) electrons. The number of halogens is 1. The monoisotopic (exact) mass is 1960 g/mol. The van der Waals surface area contributed by atoms with Gasteiger partial charge in [0, 0.05) is 86.4 Å². The van der Waals surface area contributed by atoms with Gasteiger partial charge in [-0.05, 0) is 132 Å². The fourth-order valence-electron chi connectivity index (χ4n) is 16.3. The van der Waals surface area contributed by atoms with Gasteiger partial charge in [0.2, 0.25) is 23.6 Å². The quantitative estimate of drug-likeness (QED) is 0.00956. The van der Waals surface area contributed by atoms with E-state index in [1.807, 2.05) is 48.5 Å². The Balaban J connectivity index is 0.000000320. The number of amides is 8. The van der Waals surface area contributed by atoms with Crippen molar-refractivity contribution >= 4 is 112 Å². The van der Waals surface area contributed by atoms with Crippen molar-refractivity contribution in [1.29, 1.82) is 0 Å². The first-order valence-corrected chi connectivity index (χ1v) is 51.9. The van der Waals surface area contributed by atoms with Crippen LogP contribution < -0.4 is 52.0 Å². The third kappa shape index (κ3) is 45.6. The molecule has 16 N–H and O–H groups in total. The van der Waals surface area contributed by atoms with Gasteiger partial charge in [0.25, 0.3) is 29.3 Å². The molecule has 8 amide bonds. The Morgan fingerprint density at radius 1 is 0.331 bits per heavy atom. The molecule has 4 aromatic carbocycles. The second-order valence-corrected chi connectivity index (χ2v) is 37.4. The van der Waals surface area contributed by atoms with Gasteiger partial charge in [-0.2, -0.15) is 0 Å². The number of aliphatic hydroxyl groups excluding tert-OH is 4. The number of H-pyrrole nitrogens is 4. The number of hydrogen-bond donors (Lipinski definition) is 16. The van der Waals surface area contributed by atoms with Crippen LogP contribution in [-0.2, 0) is 19.2 Å². The topological polar surface area (TPSA) is 438 Å². The third-order valence-electron chi connectivity index (χ3n) is 24.6. The second kappa shape index (κ2) is 69.0. The highest BCUT2D eigenvalue weighted by Gasteiger charge is 2.31. The van der Waals surface area contributed by atoms with Crippen molar-refractivity contribution in [2.24, 2.45) is 0 Å². The first-order chi connectivity index (χ1) is 65.7. The molecule has 0 saturated heterocycles. The molecule has 4 heterocycles. The van der Waals surface area contributed by atoms with Crippen LogP contribution in [0.5, 0.6) is 11.5 Å². The number of hydrogen-bond acceptors (Lipinski definition) is 16. The number of carbonyl (C=O) groups is 8. The van der Waals surface area contributed by atoms with E-state index in [-0.39, 0.29) is 29.1 Å². The third-order valence-corrected chi connectivity index (χ3v) is 25.1. The molecule has 0 aliphatic heterocycles. The Morgan fingerprint density at radius 2 is 0.596 bits per heavy atom. The van der Waals surface area contributed by atoms with Crippen LogP contribution in [-0.4, -0.2) is 182 Å². The summed E-state index contributed by atoms with van der Waals surface area (Å²) in [5, 5.41) is 76.1. The van der Waals surface area contributed by atoms with Gasteiger partial charge in [-0.1, -0.05) is 307 Å². The van der Waals surface area contributed by atoms with E-state index in [1.165, 1.54) is 277 Å². The molecule has 0 saturated carbocycles. The van der Waals surface area contributed by atoms with Crippen molar-refractivity contribution in [3.05, 3.63) is 134 Å². The maximum Gasteiger partial charge on any atom is 0.270 e. The number of carbonyl (C=O) groups excluding carboxylic acids is 8. The molecule has 758 valence electrons. The van der Waals surface area contributed by atoms with E-state index < -0.39 is 83.0 Å². The lowest BCUT2D eigenvalue weighted by Gasteiger charge is -2.20. The Kier molecular flexibility index (Phi) is 59.2. The number of rotatable bonds is 67. The normalized spacial score (nSPS) is 13.0. The number of nitro benzene ring substituents is 1. The maximum absolute atomic E-state index is 12.7. The minimum Gasteiger partial charge on any atom is -0.497 e. The molecule has 8 atom stereocenters. The van der Waals surface area contributed by atoms with Crippen molar-refractivity contribution in [3.8, 4) is 11.5 Å². The first kappa shape index (κ1) is 117. The van der Waals surface area contributed by atoms with Gasteiger partial charge in [-0.15, -0.1) is 0 Å². The highest BCUT2D eigenvalue weighted by molar-refractivity contribution is 9.10. The lowest BCUT2D eigenvalue weighted by atomic mass is 10.1. The molecule has 4 aromatic heterocycles. The number of unbranched alkanes of at least 4 members (excludes halogenated alkanes) is 40. The maximum atomic E-state index is 12.7. The predicted octanol–water partition coefficient (Wildman–Crippen LogP) is 21.0. The summed E-state index contributed by atoms with van der Waals surface area (Å²) < 4.78 is 11.5. The smallest absolute Gasteiger partial charge is 0.270 e. The van der Waals surface area contributed by atoms with E-state index in [4.69, 9.17) is 9.47 Å². The summed E-state index contributed by atoms with van der Waals surface area (Å²) in [6.07, 6.45) is 50.4. The van der Waals surface area contributed by atoms with Crippen LogP contribution in [0.1, 0.15) is 380 Å². The summed E-state index contributed by atoms with van der Waals surface area (Å²) in [5.41, 5.74) is 4.02. The van der Waals surface area contributed by atoms with Crippen LogP contribution in [0.25, 0.3) is 43.6 Å². The number of aliphatic hydroxyl groups is 4. The van der Waals surface area contributed by atoms with Crippen molar-refractivity contribution in [2.45, 2.75) is 386 Å². The molecule has 0 unspecified atom stereocenters. The minimum absolute atomic E-state index is 0.0768. The lowest BCUT2D eigenvalue weighted by molar-refractivity contribution is -0.384. The molecular formula is C106H166BrN13O16. The first-order valence-electron chi connectivity index (χ1n) is 51.1. The molecular weight excluding hydrogens is 1790 g/mol. The van der Waals surface area contributed by atoms with Gasteiger partial charge < -0.3 is 92.4 Å². The summed E-state index contributed by atoms with van der Waals surface area (Å²) in [6, 6.07) is 23.4. The van der Waals surface area contributed by atoms with Crippen LogP contribution in [0.2, 0.25) is 0 Å². The zero-order valence-corrected chi connectivity index (χ0v) is 84.9. The van der Waals surface area contributed by atoms with Gasteiger partial charge >= 0.3 is 0 Å². The van der Waals surface area contributed by atoms with Crippen LogP contribution in [0.15, 0.2) is 102 Å². The molecule has 8 aromatic rings. The van der Waals surface area contributed by atoms with Crippen LogP contribution in [0, 0.1) is 10.1 Å². The average Bonchev–Trinajstić information content (AvgIpc) is 1.67. The average molecular weight is 1960 g/mol. The van der Waals surface area contributed by atoms with Gasteiger partial charge in [-0.3, -0.25) is 48.5 Å². The largest absolute Gasteiger partial charge is 0.497 e. The number of methoxy groups -OCH3 is 2. The Hall–Kier alpha value is -9.88. The number of nitrogens with zero attached hydrogens (tertiary/aromatic N) is 1. The van der Waals surface area contributed by atoms with Crippen LogP contribution >= 0.6 is 15.9 Å².